The molecule has 0 aliphatic rings. The molecular formula is C7H6O2. The Morgan fingerprint density at radius 3 is 3.00 bits per heavy atom. The van der Waals surface area contributed by atoms with Gasteiger partial charge in [0.25, 0.3) is 0 Å². The van der Waals surface area contributed by atoms with Crippen LogP contribution < -0.4 is 0 Å². The van der Waals surface area contributed by atoms with Crippen LogP contribution in [0.1, 0.15) is 10.6 Å². The molecule has 46 valence electrons. The summed E-state index contributed by atoms with van der Waals surface area (Å²) in [4.78, 5) is 10.7. The fourth-order valence-electron chi connectivity index (χ4n) is 0.519. The third-order valence-electron chi connectivity index (χ3n) is 0.949. The number of carbonyl (C=O) groups excluding carboxylic acids is 1. The predicted octanol–water partition coefficient (Wildman–Crippen LogP) is 1.65. The van der Waals surface area contributed by atoms with Crippen molar-refractivity contribution in [3.8, 4) is 0 Å². The van der Waals surface area contributed by atoms with Crippen LogP contribution in [0.15, 0.2) is 35.5 Å². The summed E-state index contributed by atoms with van der Waals surface area (Å²) in [5, 5.41) is 0. The molecule has 1 aromatic rings. The van der Waals surface area contributed by atoms with Crippen molar-refractivity contribution in [1.82, 2.24) is 0 Å². The molecule has 0 radical (unpaired) electrons. The average molecular weight is 122 g/mol. The summed E-state index contributed by atoms with van der Waals surface area (Å²) in [5.74, 6) is 0.157. The molecule has 2 nitrogen and oxygen atoms in total. The Hall–Kier alpha value is -1.31. The fraction of sp³-hybridized carbons (Fsp3) is 0. The third-order valence-corrected chi connectivity index (χ3v) is 0.949. The van der Waals surface area contributed by atoms with Gasteiger partial charge in [-0.25, -0.2) is 0 Å². The minimum Gasteiger partial charge on any atom is -0.461 e. The first-order valence-electron chi connectivity index (χ1n) is 2.55. The van der Waals surface area contributed by atoms with E-state index in [-0.39, 0.29) is 5.78 Å². The van der Waals surface area contributed by atoms with Crippen molar-refractivity contribution in [2.24, 2.45) is 0 Å². The highest BCUT2D eigenvalue weighted by Crippen LogP contribution is 2.00. The van der Waals surface area contributed by atoms with E-state index >= 15 is 0 Å². The van der Waals surface area contributed by atoms with Crippen molar-refractivity contribution in [2.45, 2.75) is 0 Å². The topological polar surface area (TPSA) is 30.2 Å². The molecule has 1 heterocycles. The Morgan fingerprint density at radius 2 is 2.56 bits per heavy atom. The molecule has 0 atom stereocenters. The van der Waals surface area contributed by atoms with Crippen LogP contribution in [0.4, 0.5) is 0 Å². The zero-order chi connectivity index (χ0) is 6.69. The zero-order valence-electron chi connectivity index (χ0n) is 4.83. The number of furan rings is 1. The lowest BCUT2D eigenvalue weighted by atomic mass is 10.3. The highest BCUT2D eigenvalue weighted by atomic mass is 16.3. The molecule has 1 aromatic heterocycles. The van der Waals surface area contributed by atoms with Gasteiger partial charge < -0.3 is 4.42 Å². The predicted molar refractivity (Wildman–Crippen MR) is 33.2 cm³/mol. The van der Waals surface area contributed by atoms with Gasteiger partial charge in [-0.05, 0) is 18.2 Å². The highest BCUT2D eigenvalue weighted by Gasteiger charge is 2.00. The van der Waals surface area contributed by atoms with Crippen molar-refractivity contribution >= 4 is 5.78 Å². The summed E-state index contributed by atoms with van der Waals surface area (Å²) in [7, 11) is 0. The highest BCUT2D eigenvalue weighted by molar-refractivity contribution is 6.01. The minimum absolute atomic E-state index is 0.181. The van der Waals surface area contributed by atoms with E-state index in [4.69, 9.17) is 4.42 Å². The van der Waals surface area contributed by atoms with Gasteiger partial charge in [-0.3, -0.25) is 4.79 Å². The lowest BCUT2D eigenvalue weighted by molar-refractivity contribution is 0.102. The molecule has 1 rings (SSSR count). The van der Waals surface area contributed by atoms with Gasteiger partial charge in [0, 0.05) is 0 Å². The van der Waals surface area contributed by atoms with Crippen LogP contribution in [0.2, 0.25) is 0 Å². The largest absolute Gasteiger partial charge is 0.461 e. The van der Waals surface area contributed by atoms with E-state index in [1.807, 2.05) is 0 Å². The Kier molecular flexibility index (Phi) is 1.49. The van der Waals surface area contributed by atoms with Gasteiger partial charge >= 0.3 is 0 Å². The number of ketones is 1. The van der Waals surface area contributed by atoms with Crippen LogP contribution in [-0.2, 0) is 0 Å². The minimum atomic E-state index is -0.181. The van der Waals surface area contributed by atoms with E-state index in [1.165, 1.54) is 12.3 Å². The molecule has 0 aliphatic heterocycles. The maximum absolute atomic E-state index is 10.7. The van der Waals surface area contributed by atoms with Crippen LogP contribution in [0.5, 0.6) is 0 Å². The number of hydrogen-bond donors (Lipinski definition) is 0. The van der Waals surface area contributed by atoms with E-state index in [9.17, 15) is 4.79 Å². The first-order chi connectivity index (χ1) is 4.34. The maximum atomic E-state index is 10.7. The van der Waals surface area contributed by atoms with E-state index in [0.717, 1.165) is 0 Å². The summed E-state index contributed by atoms with van der Waals surface area (Å²) in [6.45, 7) is 3.31. The molecule has 0 amide bonds. The van der Waals surface area contributed by atoms with Crippen LogP contribution >= 0.6 is 0 Å². The molecule has 2 heteroatoms. The molecule has 9 heavy (non-hydrogen) atoms. The summed E-state index contributed by atoms with van der Waals surface area (Å²) >= 11 is 0. The van der Waals surface area contributed by atoms with Crippen LogP contribution in [0.3, 0.4) is 0 Å². The Bertz CT molecular complexity index is 209. The quantitative estimate of drug-likeness (QED) is 0.441. The average Bonchev–Trinajstić information content (AvgIpc) is 2.37. The van der Waals surface area contributed by atoms with Gasteiger partial charge in [0.15, 0.2) is 5.76 Å². The molecule has 0 N–H and O–H groups in total. The summed E-state index contributed by atoms with van der Waals surface area (Å²) < 4.78 is 4.77. The lowest BCUT2D eigenvalue weighted by Gasteiger charge is -1.82. The second-order valence-electron chi connectivity index (χ2n) is 1.55. The van der Waals surface area contributed by atoms with E-state index in [0.29, 0.717) is 5.76 Å². The summed E-state index contributed by atoms with van der Waals surface area (Å²) in [6.07, 6.45) is 2.68. The van der Waals surface area contributed by atoms with Crippen molar-refractivity contribution in [3.05, 3.63) is 36.8 Å². The SMILES string of the molecule is C=CC(=O)c1ccco1. The van der Waals surface area contributed by atoms with Gasteiger partial charge in [-0.1, -0.05) is 6.58 Å². The fourth-order valence-corrected chi connectivity index (χ4v) is 0.519. The number of carbonyl (C=O) groups is 1. The van der Waals surface area contributed by atoms with Gasteiger partial charge in [0.1, 0.15) is 0 Å². The van der Waals surface area contributed by atoms with Gasteiger partial charge in [-0.15, -0.1) is 0 Å². The van der Waals surface area contributed by atoms with Crippen LogP contribution in [0, 0.1) is 0 Å². The second-order valence-corrected chi connectivity index (χ2v) is 1.55. The molecule has 0 aliphatic carbocycles. The van der Waals surface area contributed by atoms with Crippen molar-refractivity contribution < 1.29 is 9.21 Å². The summed E-state index contributed by atoms with van der Waals surface area (Å²) in [6, 6.07) is 3.26. The molecule has 0 bridgehead atoms. The molecule has 0 saturated carbocycles. The third kappa shape index (κ3) is 1.08. The monoisotopic (exact) mass is 122 g/mol. The lowest BCUT2D eigenvalue weighted by Crippen LogP contribution is -1.88. The van der Waals surface area contributed by atoms with Gasteiger partial charge in [0.2, 0.25) is 5.78 Å². The Morgan fingerprint density at radius 1 is 1.78 bits per heavy atom. The molecule has 0 aromatic carbocycles. The van der Waals surface area contributed by atoms with E-state index in [1.54, 1.807) is 12.1 Å². The maximum Gasteiger partial charge on any atom is 0.220 e. The van der Waals surface area contributed by atoms with Crippen molar-refractivity contribution in [1.29, 1.82) is 0 Å². The number of hydrogen-bond acceptors (Lipinski definition) is 2. The second kappa shape index (κ2) is 2.31. The van der Waals surface area contributed by atoms with E-state index in [2.05, 4.69) is 6.58 Å². The molecule has 0 fully saturated rings. The first-order valence-corrected chi connectivity index (χ1v) is 2.55. The Labute approximate surface area is 52.8 Å². The van der Waals surface area contributed by atoms with Gasteiger partial charge in [-0.2, -0.15) is 0 Å². The van der Waals surface area contributed by atoms with Gasteiger partial charge in [0.05, 0.1) is 6.26 Å². The van der Waals surface area contributed by atoms with Crippen molar-refractivity contribution in [2.75, 3.05) is 0 Å². The summed E-state index contributed by atoms with van der Waals surface area (Å²) in [5.41, 5.74) is 0. The molecule has 0 spiro atoms. The van der Waals surface area contributed by atoms with Crippen LogP contribution in [0.25, 0.3) is 0 Å². The van der Waals surface area contributed by atoms with Crippen molar-refractivity contribution in [3.63, 3.8) is 0 Å². The number of allylic oxidation sites excluding steroid dienone is 1. The smallest absolute Gasteiger partial charge is 0.220 e. The standard InChI is InChI=1S/C7H6O2/c1-2-6(8)7-4-3-5-9-7/h2-5H,1H2. The van der Waals surface area contributed by atoms with Crippen LogP contribution in [-0.4, -0.2) is 5.78 Å². The van der Waals surface area contributed by atoms with E-state index < -0.39 is 0 Å². The zero-order valence-corrected chi connectivity index (χ0v) is 4.83. The normalized spacial score (nSPS) is 8.89. The molecule has 0 unspecified atom stereocenters. The Balaban J connectivity index is 2.89. The first kappa shape index (κ1) is 5.82. The number of rotatable bonds is 2. The molecular weight excluding hydrogens is 116 g/mol. The molecule has 0 saturated heterocycles.